The Balaban J connectivity index is 2.00. The van der Waals surface area contributed by atoms with Crippen molar-refractivity contribution in [1.29, 1.82) is 0 Å². The zero-order valence-corrected chi connectivity index (χ0v) is 13.8. The number of allylic oxidation sites excluding steroid dienone is 1. The average Bonchev–Trinajstić information content (AvgIpc) is 2.99. The number of hydrogen-bond donors (Lipinski definition) is 0. The van der Waals surface area contributed by atoms with Crippen molar-refractivity contribution < 1.29 is 0 Å². The summed E-state index contributed by atoms with van der Waals surface area (Å²) >= 11 is 0. The first-order valence-electron chi connectivity index (χ1n) is 8.63. The van der Waals surface area contributed by atoms with E-state index in [0.717, 1.165) is 12.8 Å². The normalized spacial score (nSPS) is 16.4. The zero-order chi connectivity index (χ0) is 15.8. The van der Waals surface area contributed by atoms with Gasteiger partial charge < -0.3 is 0 Å². The second kappa shape index (κ2) is 5.70. The third kappa shape index (κ3) is 2.21. The van der Waals surface area contributed by atoms with Crippen molar-refractivity contribution in [3.05, 3.63) is 88.5 Å². The van der Waals surface area contributed by atoms with E-state index < -0.39 is 0 Å². The molecular weight excluding hydrogens is 276 g/mol. The molecule has 114 valence electrons. The standard InChI is InChI=1S/C23H22/c1-3-16-10-7-12-19-15-17(4-2)23(22(16)19)21-14-8-11-18-9-5-6-13-20(18)21/h5-15,23H,3-4H2,1-2H3. The molecule has 0 aliphatic heterocycles. The monoisotopic (exact) mass is 298 g/mol. The predicted octanol–water partition coefficient (Wildman–Crippen LogP) is 6.34. The highest BCUT2D eigenvalue weighted by Crippen LogP contribution is 2.45. The first-order valence-corrected chi connectivity index (χ1v) is 8.63. The van der Waals surface area contributed by atoms with Crippen LogP contribution in [0.15, 0.2) is 66.2 Å². The summed E-state index contributed by atoms with van der Waals surface area (Å²) < 4.78 is 0. The van der Waals surface area contributed by atoms with E-state index in [1.807, 2.05) is 0 Å². The van der Waals surface area contributed by atoms with E-state index >= 15 is 0 Å². The molecule has 23 heavy (non-hydrogen) atoms. The first kappa shape index (κ1) is 14.3. The molecule has 0 spiro atoms. The highest BCUT2D eigenvalue weighted by atomic mass is 14.3. The molecule has 0 bridgehead atoms. The summed E-state index contributed by atoms with van der Waals surface area (Å²) in [6.45, 7) is 4.54. The molecule has 0 heteroatoms. The lowest BCUT2D eigenvalue weighted by Gasteiger charge is -2.21. The van der Waals surface area contributed by atoms with Crippen molar-refractivity contribution >= 4 is 16.8 Å². The Labute approximate surface area is 138 Å². The topological polar surface area (TPSA) is 0 Å². The minimum atomic E-state index is 0.414. The minimum Gasteiger partial charge on any atom is -0.0616 e. The van der Waals surface area contributed by atoms with Crippen LogP contribution in [0.1, 0.15) is 48.4 Å². The molecule has 1 unspecified atom stereocenters. The molecule has 0 saturated carbocycles. The van der Waals surface area contributed by atoms with E-state index in [1.54, 1.807) is 0 Å². The second-order valence-electron chi connectivity index (χ2n) is 6.35. The van der Waals surface area contributed by atoms with Crippen molar-refractivity contribution in [3.63, 3.8) is 0 Å². The van der Waals surface area contributed by atoms with Gasteiger partial charge in [-0.1, -0.05) is 86.2 Å². The van der Waals surface area contributed by atoms with Gasteiger partial charge in [0.1, 0.15) is 0 Å². The summed E-state index contributed by atoms with van der Waals surface area (Å²) in [6, 6.07) is 22.3. The van der Waals surface area contributed by atoms with Gasteiger partial charge in [0.2, 0.25) is 0 Å². The maximum Gasteiger partial charge on any atom is 0.0316 e. The van der Waals surface area contributed by atoms with Gasteiger partial charge in [0.15, 0.2) is 0 Å². The third-order valence-electron chi connectivity index (χ3n) is 5.15. The molecule has 3 aromatic carbocycles. The van der Waals surface area contributed by atoms with Gasteiger partial charge in [-0.05, 0) is 45.9 Å². The first-order chi connectivity index (χ1) is 11.3. The molecule has 4 rings (SSSR count). The molecule has 0 saturated heterocycles. The van der Waals surface area contributed by atoms with Crippen molar-refractivity contribution in [1.82, 2.24) is 0 Å². The van der Waals surface area contributed by atoms with Gasteiger partial charge in [-0.3, -0.25) is 0 Å². The molecule has 3 aromatic rings. The van der Waals surface area contributed by atoms with Crippen molar-refractivity contribution in [3.8, 4) is 0 Å². The lowest BCUT2D eigenvalue weighted by molar-refractivity contribution is 0.895. The van der Waals surface area contributed by atoms with Gasteiger partial charge in [-0.15, -0.1) is 0 Å². The molecule has 0 N–H and O–H groups in total. The Hall–Kier alpha value is -2.34. The zero-order valence-electron chi connectivity index (χ0n) is 13.8. The van der Waals surface area contributed by atoms with Crippen molar-refractivity contribution in [2.75, 3.05) is 0 Å². The van der Waals surface area contributed by atoms with Crippen LogP contribution >= 0.6 is 0 Å². The van der Waals surface area contributed by atoms with Gasteiger partial charge in [-0.25, -0.2) is 0 Å². The number of fused-ring (bicyclic) bond motifs is 2. The summed E-state index contributed by atoms with van der Waals surface area (Å²) in [6.07, 6.45) is 4.61. The third-order valence-corrected chi connectivity index (χ3v) is 5.15. The van der Waals surface area contributed by atoms with Gasteiger partial charge in [0.25, 0.3) is 0 Å². The van der Waals surface area contributed by atoms with Gasteiger partial charge in [-0.2, -0.15) is 0 Å². The Morgan fingerprint density at radius 1 is 0.783 bits per heavy atom. The summed E-state index contributed by atoms with van der Waals surface area (Å²) in [7, 11) is 0. The number of hydrogen-bond acceptors (Lipinski definition) is 0. The molecule has 1 aliphatic rings. The molecule has 1 aliphatic carbocycles. The van der Waals surface area contributed by atoms with Crippen molar-refractivity contribution in [2.24, 2.45) is 0 Å². The fraction of sp³-hybridized carbons (Fsp3) is 0.217. The molecule has 0 nitrogen and oxygen atoms in total. The molecule has 0 radical (unpaired) electrons. The highest BCUT2D eigenvalue weighted by Gasteiger charge is 2.28. The van der Waals surface area contributed by atoms with Crippen LogP contribution in [0.25, 0.3) is 16.8 Å². The maximum atomic E-state index is 2.42. The number of benzene rings is 3. The predicted molar refractivity (Wildman–Crippen MR) is 99.9 cm³/mol. The van der Waals surface area contributed by atoms with Gasteiger partial charge in [0, 0.05) is 5.92 Å². The quantitative estimate of drug-likeness (QED) is 0.529. The van der Waals surface area contributed by atoms with Gasteiger partial charge >= 0.3 is 0 Å². The molecule has 0 aromatic heterocycles. The highest BCUT2D eigenvalue weighted by molar-refractivity contribution is 5.88. The smallest absolute Gasteiger partial charge is 0.0316 e. The van der Waals surface area contributed by atoms with Crippen molar-refractivity contribution in [2.45, 2.75) is 32.6 Å². The number of rotatable bonds is 3. The summed E-state index contributed by atoms with van der Waals surface area (Å²) in [5, 5.41) is 2.72. The van der Waals surface area contributed by atoms with E-state index in [9.17, 15) is 0 Å². The average molecular weight is 298 g/mol. The molecule has 0 fully saturated rings. The largest absolute Gasteiger partial charge is 0.0616 e. The Kier molecular flexibility index (Phi) is 3.53. The van der Waals surface area contributed by atoms with Crippen LogP contribution in [-0.2, 0) is 6.42 Å². The van der Waals surface area contributed by atoms with E-state index in [-0.39, 0.29) is 0 Å². The van der Waals surface area contributed by atoms with Crippen LogP contribution in [0.5, 0.6) is 0 Å². The van der Waals surface area contributed by atoms with E-state index in [2.05, 4.69) is 80.6 Å². The Morgan fingerprint density at radius 2 is 1.57 bits per heavy atom. The maximum absolute atomic E-state index is 2.42. The van der Waals surface area contributed by atoms with E-state index in [4.69, 9.17) is 0 Å². The SMILES string of the molecule is CCC1=Cc2cccc(CC)c2C1c1cccc2ccccc12. The van der Waals surface area contributed by atoms with E-state index in [0.29, 0.717) is 5.92 Å². The molecule has 0 heterocycles. The Morgan fingerprint density at radius 3 is 2.39 bits per heavy atom. The fourth-order valence-electron chi connectivity index (χ4n) is 4.05. The Bertz CT molecular complexity index is 894. The summed E-state index contributed by atoms with van der Waals surface area (Å²) in [5.74, 6) is 0.414. The van der Waals surface area contributed by atoms with E-state index in [1.165, 1.54) is 38.6 Å². The summed E-state index contributed by atoms with van der Waals surface area (Å²) in [4.78, 5) is 0. The molecule has 1 atom stereocenters. The van der Waals surface area contributed by atoms with Crippen LogP contribution in [0.3, 0.4) is 0 Å². The molecule has 0 amide bonds. The minimum absolute atomic E-state index is 0.414. The van der Waals surface area contributed by atoms with Crippen LogP contribution in [0, 0.1) is 0 Å². The second-order valence-corrected chi connectivity index (χ2v) is 6.35. The van der Waals surface area contributed by atoms with Crippen LogP contribution in [-0.4, -0.2) is 0 Å². The lowest BCUT2D eigenvalue weighted by Crippen LogP contribution is -2.05. The summed E-state index contributed by atoms with van der Waals surface area (Å²) in [5.41, 5.74) is 7.43. The van der Waals surface area contributed by atoms with Crippen LogP contribution in [0.4, 0.5) is 0 Å². The lowest BCUT2D eigenvalue weighted by atomic mass is 9.82. The molecular formula is C23H22. The number of aryl methyl sites for hydroxylation is 1. The van der Waals surface area contributed by atoms with Crippen LogP contribution < -0.4 is 0 Å². The fourth-order valence-corrected chi connectivity index (χ4v) is 4.05. The van der Waals surface area contributed by atoms with Crippen LogP contribution in [0.2, 0.25) is 0 Å². The van der Waals surface area contributed by atoms with Gasteiger partial charge in [0.05, 0.1) is 0 Å².